The van der Waals surface area contributed by atoms with E-state index in [-0.39, 0.29) is 62.6 Å². The number of thiol groups is 1. The van der Waals surface area contributed by atoms with Crippen LogP contribution < -0.4 is 64.8 Å². The molecule has 14 heavy (non-hydrogen) atoms. The molecular formula is C5H9NNa2O2S4. The predicted octanol–water partition coefficient (Wildman–Crippen LogP) is -5.91. The minimum Gasteiger partial charge on any atom is -0.570 e. The molecule has 0 amide bonds. The van der Waals surface area contributed by atoms with Crippen LogP contribution in [0.1, 0.15) is 6.42 Å². The Bertz CT molecular complexity index is 157. The first-order valence-corrected chi connectivity index (χ1v) is 4.74. The molecule has 0 aliphatic rings. The monoisotopic (exact) mass is 289 g/mol. The van der Waals surface area contributed by atoms with Crippen molar-refractivity contribution < 1.29 is 69.0 Å². The van der Waals surface area contributed by atoms with Gasteiger partial charge in [-0.2, -0.15) is 12.6 Å². The van der Waals surface area contributed by atoms with Crippen LogP contribution in [0.5, 0.6) is 0 Å². The smallest absolute Gasteiger partial charge is 0.570 e. The second-order valence-corrected chi connectivity index (χ2v) is 4.15. The molecule has 0 saturated heterocycles. The molecule has 3 nitrogen and oxygen atoms in total. The number of aliphatic carboxylic acids is 1. The quantitative estimate of drug-likeness (QED) is 0.208. The Kier molecular flexibility index (Phi) is 31.9. The Balaban J connectivity index is -0.0000000733. The van der Waals surface area contributed by atoms with E-state index in [0.717, 1.165) is 0 Å². The van der Waals surface area contributed by atoms with Crippen LogP contribution in [-0.4, -0.2) is 26.4 Å². The molecule has 0 rings (SSSR count). The fourth-order valence-electron chi connectivity index (χ4n) is 0.263. The van der Waals surface area contributed by atoms with Gasteiger partial charge in [-0.3, -0.25) is 8.32 Å². The molecule has 3 N–H and O–H groups in total. The Labute approximate surface area is 150 Å². The first kappa shape index (κ1) is 25.2. The van der Waals surface area contributed by atoms with Gasteiger partial charge in [0.2, 0.25) is 0 Å². The molecule has 0 fully saturated rings. The van der Waals surface area contributed by atoms with Crippen molar-refractivity contribution in [2.75, 3.05) is 5.75 Å². The Morgan fingerprint density at radius 3 is 1.86 bits per heavy atom. The molecule has 0 aromatic carbocycles. The molecule has 0 aliphatic heterocycles. The van der Waals surface area contributed by atoms with Gasteiger partial charge in [0.15, 0.2) is 0 Å². The van der Waals surface area contributed by atoms with Gasteiger partial charge in [0, 0.05) is 0 Å². The minimum atomic E-state index is -0.959. The Morgan fingerprint density at radius 1 is 1.50 bits per heavy atom. The average molecular weight is 289 g/mol. The summed E-state index contributed by atoms with van der Waals surface area (Å²) in [6, 6.07) is -0.743. The van der Waals surface area contributed by atoms with Gasteiger partial charge in [-0.1, -0.05) is 0 Å². The molecule has 0 aromatic rings. The Morgan fingerprint density at radius 2 is 1.79 bits per heavy atom. The summed E-state index contributed by atoms with van der Waals surface area (Å²) >= 11 is 16.3. The standard InChI is InChI=1S/C4H9NO2S.CH2S3.2Na/c5-3(1-2-8)4(6)7;2-1(3)4;;/h3,8H,1-2,5H2,(H,6,7);(H2,2,3,4);;/q;;2*+1/p-2. The first-order valence-electron chi connectivity index (χ1n) is 2.89. The number of carbonyl (C=O) groups is 1. The number of carboxylic acids is 1. The predicted molar refractivity (Wildman–Crippen MR) is 61.4 cm³/mol. The van der Waals surface area contributed by atoms with Gasteiger partial charge in [0.25, 0.3) is 0 Å². The van der Waals surface area contributed by atoms with Gasteiger partial charge in [-0.05, 0) is 12.2 Å². The van der Waals surface area contributed by atoms with Crippen LogP contribution in [-0.2, 0) is 30.1 Å². The van der Waals surface area contributed by atoms with E-state index in [0.29, 0.717) is 12.2 Å². The number of hydrogen-bond donors (Lipinski definition) is 3. The maximum absolute atomic E-state index is 9.93. The van der Waals surface area contributed by atoms with Crippen molar-refractivity contribution in [2.45, 2.75) is 12.5 Å². The van der Waals surface area contributed by atoms with E-state index in [1.54, 1.807) is 0 Å². The molecule has 1 unspecified atom stereocenters. The van der Waals surface area contributed by atoms with Crippen molar-refractivity contribution in [3.63, 3.8) is 0 Å². The molecule has 0 saturated carbocycles. The SMILES string of the molecule is NC(CCS)C(=O)O.S=C([S-])[S-].[Na+].[Na+]. The summed E-state index contributed by atoms with van der Waals surface area (Å²) in [4.78, 5) is 9.93. The molecule has 72 valence electrons. The zero-order chi connectivity index (χ0) is 10.1. The van der Waals surface area contributed by atoms with E-state index in [2.05, 4.69) is 50.1 Å². The largest absolute Gasteiger partial charge is 1.00 e. The van der Waals surface area contributed by atoms with Crippen molar-refractivity contribution in [3.8, 4) is 0 Å². The third-order valence-electron chi connectivity index (χ3n) is 0.757. The van der Waals surface area contributed by atoms with Crippen molar-refractivity contribution in [2.24, 2.45) is 5.73 Å². The minimum absolute atomic E-state index is 0. The van der Waals surface area contributed by atoms with E-state index in [9.17, 15) is 4.79 Å². The molecule has 0 radical (unpaired) electrons. The van der Waals surface area contributed by atoms with Crippen LogP contribution in [0.25, 0.3) is 0 Å². The molecule has 0 aliphatic carbocycles. The second kappa shape index (κ2) is 17.7. The van der Waals surface area contributed by atoms with Gasteiger partial charge in [0.1, 0.15) is 6.04 Å². The van der Waals surface area contributed by atoms with Crippen LogP contribution in [0.3, 0.4) is 0 Å². The summed E-state index contributed by atoms with van der Waals surface area (Å²) in [6.07, 6.45) is 0.429. The molecule has 0 bridgehead atoms. The van der Waals surface area contributed by atoms with E-state index < -0.39 is 12.0 Å². The van der Waals surface area contributed by atoms with Gasteiger partial charge >= 0.3 is 65.1 Å². The van der Waals surface area contributed by atoms with E-state index in [4.69, 9.17) is 10.8 Å². The number of rotatable bonds is 3. The fourth-order valence-corrected chi connectivity index (χ4v) is 0.541. The van der Waals surface area contributed by atoms with Crippen LogP contribution in [0.4, 0.5) is 0 Å². The van der Waals surface area contributed by atoms with Crippen LogP contribution in [0.15, 0.2) is 0 Å². The van der Waals surface area contributed by atoms with Gasteiger partial charge in [-0.15, -0.1) is 0 Å². The molecule has 9 heteroatoms. The number of carboxylic acid groups (broad SMARTS) is 1. The first-order chi connectivity index (χ1) is 5.41. The second-order valence-electron chi connectivity index (χ2n) is 1.71. The van der Waals surface area contributed by atoms with Crippen molar-refractivity contribution >= 4 is 59.6 Å². The third-order valence-corrected chi connectivity index (χ3v) is 1.02. The van der Waals surface area contributed by atoms with Crippen LogP contribution in [0.2, 0.25) is 0 Å². The van der Waals surface area contributed by atoms with E-state index >= 15 is 0 Å². The number of hydrogen-bond acceptors (Lipinski definition) is 6. The van der Waals surface area contributed by atoms with Crippen molar-refractivity contribution in [1.82, 2.24) is 0 Å². The normalized spacial score (nSPS) is 9.29. The fraction of sp³-hybridized carbons (Fsp3) is 0.600. The third kappa shape index (κ3) is 29.2. The van der Waals surface area contributed by atoms with E-state index in [1.807, 2.05) is 0 Å². The average Bonchev–Trinajstić information content (AvgIpc) is 1.86. The number of nitrogens with two attached hydrogens (primary N) is 1. The molecule has 0 heterocycles. The summed E-state index contributed by atoms with van der Waals surface area (Å²) < 4.78 is 0.167. The van der Waals surface area contributed by atoms with Gasteiger partial charge in [-0.25, -0.2) is 0 Å². The maximum atomic E-state index is 9.93. The van der Waals surface area contributed by atoms with Crippen molar-refractivity contribution in [1.29, 1.82) is 0 Å². The van der Waals surface area contributed by atoms with Gasteiger partial charge < -0.3 is 48.3 Å². The molecule has 0 spiro atoms. The molecule has 1 atom stereocenters. The maximum Gasteiger partial charge on any atom is 1.00 e. The summed E-state index contributed by atoms with van der Waals surface area (Å²) in [5.74, 6) is -0.438. The topological polar surface area (TPSA) is 63.3 Å². The van der Waals surface area contributed by atoms with Gasteiger partial charge in [0.05, 0.1) is 0 Å². The number of thiocarbonyl (C=S) groups is 1. The van der Waals surface area contributed by atoms with Crippen LogP contribution >= 0.6 is 24.8 Å². The zero-order valence-corrected chi connectivity index (χ0v) is 15.4. The zero-order valence-electron chi connectivity index (χ0n) is 8.10. The molecule has 0 aromatic heterocycles. The summed E-state index contributed by atoms with van der Waals surface area (Å²) in [5, 5.41) is 8.15. The summed E-state index contributed by atoms with van der Waals surface area (Å²) in [7, 11) is 0. The summed E-state index contributed by atoms with van der Waals surface area (Å²) in [6.45, 7) is 0. The summed E-state index contributed by atoms with van der Waals surface area (Å²) in [5.41, 5.74) is 5.08. The van der Waals surface area contributed by atoms with Crippen LogP contribution in [0, 0.1) is 0 Å². The van der Waals surface area contributed by atoms with Crippen molar-refractivity contribution in [3.05, 3.63) is 0 Å². The Hall–Kier alpha value is 2.31. The van der Waals surface area contributed by atoms with E-state index in [1.165, 1.54) is 0 Å². The molecular weight excluding hydrogens is 280 g/mol.